The number of hydrogen-bond donors (Lipinski definition) is 0. The molecule has 0 amide bonds. The zero-order chi connectivity index (χ0) is 25.6. The molecule has 36 heavy (non-hydrogen) atoms. The number of nitriles is 1. The maximum atomic E-state index is 12.9. The van der Waals surface area contributed by atoms with Crippen LogP contribution in [0.15, 0.2) is 35.4 Å². The van der Waals surface area contributed by atoms with Crippen molar-refractivity contribution in [1.29, 1.82) is 5.26 Å². The Hall–Kier alpha value is -3.42. The second-order valence-corrected chi connectivity index (χ2v) is 9.80. The summed E-state index contributed by atoms with van der Waals surface area (Å²) in [7, 11) is 1.75. The minimum Gasteiger partial charge on any atom is -0.364 e. The minimum absolute atomic E-state index is 0.0790. The summed E-state index contributed by atoms with van der Waals surface area (Å²) in [4.78, 5) is 22.6. The Morgan fingerprint density at radius 2 is 1.97 bits per heavy atom. The Kier molecular flexibility index (Phi) is 6.45. The zero-order valence-corrected chi connectivity index (χ0v) is 21.7. The Labute approximate surface area is 214 Å². The van der Waals surface area contributed by atoms with Crippen molar-refractivity contribution in [2.75, 3.05) is 18.0 Å². The summed E-state index contributed by atoms with van der Waals surface area (Å²) in [5.74, 6) is 0. The Bertz CT molecular complexity index is 1510. The second kappa shape index (κ2) is 9.56. The lowest BCUT2D eigenvalue weighted by molar-refractivity contribution is 0.0992. The number of aryl methyl sites for hydroxylation is 1. The van der Waals surface area contributed by atoms with E-state index in [1.54, 1.807) is 39.1 Å². The summed E-state index contributed by atoms with van der Waals surface area (Å²) in [6.07, 6.45) is 5.56. The summed E-state index contributed by atoms with van der Waals surface area (Å²) in [5, 5.41) is 18.5. The van der Waals surface area contributed by atoms with E-state index in [0.717, 1.165) is 54.0 Å². The van der Waals surface area contributed by atoms with E-state index in [1.807, 2.05) is 12.3 Å². The van der Waals surface area contributed by atoms with Crippen LogP contribution in [0, 0.1) is 11.3 Å². The van der Waals surface area contributed by atoms with Gasteiger partial charge in [0.05, 0.1) is 29.2 Å². The molecule has 10 nitrogen and oxygen atoms in total. The molecule has 5 heterocycles. The molecular formula is C25H30ClN9O. The van der Waals surface area contributed by atoms with Gasteiger partial charge in [-0.15, -0.1) is 0 Å². The average Bonchev–Trinajstić information content (AvgIpc) is 3.47. The molecule has 3 atom stereocenters. The molecule has 1 saturated heterocycles. The van der Waals surface area contributed by atoms with Crippen molar-refractivity contribution in [3.05, 3.63) is 51.8 Å². The first-order valence-electron chi connectivity index (χ1n) is 12.3. The topological polar surface area (TPSA) is 100 Å². The van der Waals surface area contributed by atoms with E-state index in [0.29, 0.717) is 5.15 Å². The fraction of sp³-hybridized carbons (Fsp3) is 0.480. The molecule has 0 unspecified atom stereocenters. The van der Waals surface area contributed by atoms with Crippen LogP contribution in [-0.4, -0.2) is 59.0 Å². The van der Waals surface area contributed by atoms with E-state index in [-0.39, 0.29) is 30.2 Å². The number of fused-ring (bicyclic) bond motifs is 2. The number of hydrogen-bond acceptors (Lipinski definition) is 7. The van der Waals surface area contributed by atoms with E-state index < -0.39 is 0 Å². The summed E-state index contributed by atoms with van der Waals surface area (Å²) >= 11 is 6.07. The van der Waals surface area contributed by atoms with Crippen molar-refractivity contribution in [1.82, 2.24) is 33.8 Å². The van der Waals surface area contributed by atoms with E-state index in [2.05, 4.69) is 46.8 Å². The molecule has 1 fully saturated rings. The van der Waals surface area contributed by atoms with Gasteiger partial charge in [0.25, 0.3) is 5.56 Å². The predicted molar refractivity (Wildman–Crippen MR) is 139 cm³/mol. The lowest BCUT2D eigenvalue weighted by atomic mass is 9.98. The molecule has 0 aromatic carbocycles. The molecule has 0 N–H and O–H groups in total. The van der Waals surface area contributed by atoms with Crippen LogP contribution >= 0.6 is 11.6 Å². The van der Waals surface area contributed by atoms with Crippen LogP contribution in [0.25, 0.3) is 16.7 Å². The van der Waals surface area contributed by atoms with Gasteiger partial charge in [0, 0.05) is 56.6 Å². The second-order valence-electron chi connectivity index (χ2n) is 9.42. The fourth-order valence-electron chi connectivity index (χ4n) is 5.33. The number of rotatable bonds is 6. The smallest absolute Gasteiger partial charge is 0.252 e. The molecular weight excluding hydrogens is 478 g/mol. The first-order valence-corrected chi connectivity index (χ1v) is 12.7. The highest BCUT2D eigenvalue weighted by atomic mass is 35.5. The van der Waals surface area contributed by atoms with Crippen molar-refractivity contribution in [2.24, 2.45) is 7.05 Å². The van der Waals surface area contributed by atoms with Crippen molar-refractivity contribution in [2.45, 2.75) is 58.3 Å². The van der Waals surface area contributed by atoms with Crippen LogP contribution in [-0.2, 0) is 13.6 Å². The molecule has 0 saturated carbocycles. The lowest BCUT2D eigenvalue weighted by Crippen LogP contribution is -2.59. The molecule has 1 aliphatic rings. The molecule has 188 valence electrons. The maximum absolute atomic E-state index is 12.9. The predicted octanol–water partition coefficient (Wildman–Crippen LogP) is 3.40. The van der Waals surface area contributed by atoms with Gasteiger partial charge < -0.3 is 9.47 Å². The molecule has 4 aromatic rings. The quantitative estimate of drug-likeness (QED) is 0.394. The summed E-state index contributed by atoms with van der Waals surface area (Å²) < 4.78 is 4.89. The number of piperazine rings is 1. The molecule has 0 spiro atoms. The normalized spacial score (nSPS) is 19.7. The number of aromatic nitrogens is 6. The van der Waals surface area contributed by atoms with Gasteiger partial charge in [-0.25, -0.2) is 9.50 Å². The third kappa shape index (κ3) is 4.12. The van der Waals surface area contributed by atoms with Crippen molar-refractivity contribution >= 4 is 34.0 Å². The minimum atomic E-state index is -0.0790. The molecule has 1 aliphatic heterocycles. The van der Waals surface area contributed by atoms with Crippen LogP contribution in [0.5, 0.6) is 0 Å². The van der Waals surface area contributed by atoms with Crippen LogP contribution in [0.4, 0.5) is 5.69 Å². The van der Waals surface area contributed by atoms with Crippen molar-refractivity contribution in [3.63, 3.8) is 0 Å². The molecule has 11 heteroatoms. The highest BCUT2D eigenvalue weighted by Crippen LogP contribution is 2.34. The first kappa shape index (κ1) is 24.3. The van der Waals surface area contributed by atoms with Gasteiger partial charge in [0.15, 0.2) is 10.8 Å². The summed E-state index contributed by atoms with van der Waals surface area (Å²) in [5.41, 5.74) is 3.97. The third-order valence-electron chi connectivity index (χ3n) is 7.40. The molecule has 4 aromatic heterocycles. The Morgan fingerprint density at radius 1 is 1.19 bits per heavy atom. The first-order chi connectivity index (χ1) is 17.3. The molecule has 0 radical (unpaired) electrons. The lowest BCUT2D eigenvalue weighted by Gasteiger charge is -2.49. The standard InChI is InChI=1S/C25H30ClN9O/c1-5-17-14-34(20-11-24(36)31(4)21-15-32(10-8-27)30-25(20)21)18(6-2)13-33(17)16(3)19-7-9-35-23(28-19)12-22(26)29-35/h7,9,11-12,15-18H,5-6,10,13-14H2,1-4H3/t16-,17+,18-/m0/s1. The van der Waals surface area contributed by atoms with Crippen LogP contribution in [0.3, 0.4) is 0 Å². The Morgan fingerprint density at radius 3 is 2.69 bits per heavy atom. The average molecular weight is 508 g/mol. The van der Waals surface area contributed by atoms with Gasteiger partial charge >= 0.3 is 0 Å². The van der Waals surface area contributed by atoms with E-state index in [9.17, 15) is 4.79 Å². The largest absolute Gasteiger partial charge is 0.364 e. The van der Waals surface area contributed by atoms with E-state index in [1.165, 1.54) is 0 Å². The number of pyridine rings is 1. The molecule has 0 aliphatic carbocycles. The zero-order valence-electron chi connectivity index (χ0n) is 21.0. The highest BCUT2D eigenvalue weighted by molar-refractivity contribution is 6.29. The third-order valence-corrected chi connectivity index (χ3v) is 7.59. The van der Waals surface area contributed by atoms with Crippen LogP contribution in [0.1, 0.15) is 45.3 Å². The van der Waals surface area contributed by atoms with Gasteiger partial charge in [-0.2, -0.15) is 15.5 Å². The van der Waals surface area contributed by atoms with E-state index in [4.69, 9.17) is 21.8 Å². The maximum Gasteiger partial charge on any atom is 0.252 e. The van der Waals surface area contributed by atoms with Gasteiger partial charge in [-0.1, -0.05) is 25.4 Å². The molecule has 0 bridgehead atoms. The fourth-order valence-corrected chi connectivity index (χ4v) is 5.51. The summed E-state index contributed by atoms with van der Waals surface area (Å²) in [6, 6.07) is 8.16. The number of nitrogens with zero attached hydrogens (tertiary/aromatic N) is 9. The van der Waals surface area contributed by atoms with Crippen LogP contribution < -0.4 is 10.5 Å². The monoisotopic (exact) mass is 507 g/mol. The number of anilines is 1. The Balaban J connectivity index is 1.50. The summed E-state index contributed by atoms with van der Waals surface area (Å²) in [6.45, 7) is 8.32. The molecule has 5 rings (SSSR count). The van der Waals surface area contributed by atoms with Gasteiger partial charge in [-0.05, 0) is 25.8 Å². The van der Waals surface area contributed by atoms with Crippen molar-refractivity contribution < 1.29 is 0 Å². The SMILES string of the molecule is CC[C@H]1CN([C@@H](C)c2ccn3nc(Cl)cc3n2)[C@H](CC)CN1c1cc(=O)n(C)c2cn(CC#N)nc12. The van der Waals surface area contributed by atoms with Gasteiger partial charge in [-0.3, -0.25) is 14.4 Å². The van der Waals surface area contributed by atoms with Crippen molar-refractivity contribution in [3.8, 4) is 6.07 Å². The van der Waals surface area contributed by atoms with Gasteiger partial charge in [0.1, 0.15) is 12.1 Å². The van der Waals surface area contributed by atoms with Gasteiger partial charge in [0.2, 0.25) is 0 Å². The number of halogens is 1. The van der Waals surface area contributed by atoms with E-state index >= 15 is 0 Å². The highest BCUT2D eigenvalue weighted by Gasteiger charge is 2.36. The van der Waals surface area contributed by atoms with Crippen LogP contribution in [0.2, 0.25) is 5.15 Å².